The normalized spacial score (nSPS) is 12.9. The van der Waals surface area contributed by atoms with Gasteiger partial charge < -0.3 is 5.32 Å². The van der Waals surface area contributed by atoms with Gasteiger partial charge in [-0.05, 0) is 60.4 Å². The Labute approximate surface area is 127 Å². The SMILES string of the molecule is Cc1cc(C)c(CNC(c2cccs2)C(C)C)cc1C. The largest absolute Gasteiger partial charge is 0.305 e. The van der Waals surface area contributed by atoms with E-state index in [2.05, 4.69) is 69.6 Å². The number of hydrogen-bond acceptors (Lipinski definition) is 2. The maximum atomic E-state index is 3.74. The predicted molar refractivity (Wildman–Crippen MR) is 89.4 cm³/mol. The van der Waals surface area contributed by atoms with Crippen LogP contribution in [0.15, 0.2) is 29.6 Å². The number of nitrogens with one attached hydrogen (secondary N) is 1. The molecule has 0 aliphatic rings. The van der Waals surface area contributed by atoms with Crippen LogP contribution in [-0.2, 0) is 6.54 Å². The summed E-state index contributed by atoms with van der Waals surface area (Å²) in [6.45, 7) is 12.1. The van der Waals surface area contributed by atoms with Gasteiger partial charge in [-0.25, -0.2) is 0 Å². The van der Waals surface area contributed by atoms with Crippen LogP contribution < -0.4 is 5.32 Å². The lowest BCUT2D eigenvalue weighted by atomic mass is 9.99. The minimum atomic E-state index is 0.441. The summed E-state index contributed by atoms with van der Waals surface area (Å²) in [5, 5.41) is 5.90. The van der Waals surface area contributed by atoms with Crippen molar-refractivity contribution in [1.29, 1.82) is 0 Å². The molecule has 2 rings (SSSR count). The Kier molecular flexibility index (Phi) is 5.00. The van der Waals surface area contributed by atoms with Crippen LogP contribution in [0.5, 0.6) is 0 Å². The maximum Gasteiger partial charge on any atom is 0.0440 e. The monoisotopic (exact) mass is 287 g/mol. The van der Waals surface area contributed by atoms with E-state index in [9.17, 15) is 0 Å². The van der Waals surface area contributed by atoms with E-state index in [-0.39, 0.29) is 0 Å². The van der Waals surface area contributed by atoms with Crippen LogP contribution in [-0.4, -0.2) is 0 Å². The molecule has 1 aromatic carbocycles. The standard InChI is InChI=1S/C18H25NS/c1-12(2)18(17-7-6-8-20-17)19-11-16-10-14(4)13(3)9-15(16)5/h6-10,12,18-19H,11H2,1-5H3. The fourth-order valence-electron chi connectivity index (χ4n) is 2.56. The van der Waals surface area contributed by atoms with Crippen molar-refractivity contribution >= 4 is 11.3 Å². The molecule has 108 valence electrons. The van der Waals surface area contributed by atoms with Gasteiger partial charge in [-0.15, -0.1) is 11.3 Å². The van der Waals surface area contributed by atoms with Gasteiger partial charge in [0.1, 0.15) is 0 Å². The molecule has 0 bridgehead atoms. The zero-order valence-electron chi connectivity index (χ0n) is 13.2. The Morgan fingerprint density at radius 3 is 2.35 bits per heavy atom. The second-order valence-corrected chi connectivity index (χ2v) is 6.96. The first kappa shape index (κ1) is 15.3. The third kappa shape index (κ3) is 3.50. The van der Waals surface area contributed by atoms with Crippen molar-refractivity contribution in [2.75, 3.05) is 0 Å². The fraction of sp³-hybridized carbons (Fsp3) is 0.444. The third-order valence-corrected chi connectivity index (χ3v) is 4.94. The average molecular weight is 287 g/mol. The Hall–Kier alpha value is -1.12. The Morgan fingerprint density at radius 1 is 1.05 bits per heavy atom. The van der Waals surface area contributed by atoms with Gasteiger partial charge >= 0.3 is 0 Å². The van der Waals surface area contributed by atoms with Crippen molar-refractivity contribution in [3.05, 3.63) is 56.8 Å². The van der Waals surface area contributed by atoms with Gasteiger partial charge in [-0.1, -0.05) is 32.0 Å². The molecule has 0 saturated carbocycles. The van der Waals surface area contributed by atoms with Gasteiger partial charge in [-0.3, -0.25) is 0 Å². The number of aryl methyl sites for hydroxylation is 3. The number of rotatable bonds is 5. The lowest BCUT2D eigenvalue weighted by Crippen LogP contribution is -2.25. The van der Waals surface area contributed by atoms with Crippen LogP contribution in [0.1, 0.15) is 47.0 Å². The smallest absolute Gasteiger partial charge is 0.0440 e. The van der Waals surface area contributed by atoms with Crippen LogP contribution in [0.2, 0.25) is 0 Å². The minimum Gasteiger partial charge on any atom is -0.305 e. The van der Waals surface area contributed by atoms with Crippen LogP contribution >= 0.6 is 11.3 Å². The Bertz CT molecular complexity index is 555. The van der Waals surface area contributed by atoms with Crippen molar-refractivity contribution in [3.63, 3.8) is 0 Å². The summed E-state index contributed by atoms with van der Waals surface area (Å²) >= 11 is 1.84. The molecule has 0 saturated heterocycles. The molecule has 2 aromatic rings. The second kappa shape index (κ2) is 6.55. The van der Waals surface area contributed by atoms with Crippen molar-refractivity contribution < 1.29 is 0 Å². The second-order valence-electron chi connectivity index (χ2n) is 5.98. The number of thiophene rings is 1. The molecule has 1 N–H and O–H groups in total. The molecule has 0 fully saturated rings. The van der Waals surface area contributed by atoms with E-state index in [1.807, 2.05) is 11.3 Å². The molecule has 1 unspecified atom stereocenters. The summed E-state index contributed by atoms with van der Waals surface area (Å²) < 4.78 is 0. The van der Waals surface area contributed by atoms with Crippen molar-refractivity contribution in [1.82, 2.24) is 5.32 Å². The van der Waals surface area contributed by atoms with E-state index in [1.165, 1.54) is 27.1 Å². The Balaban J connectivity index is 2.12. The van der Waals surface area contributed by atoms with Gasteiger partial charge in [0.2, 0.25) is 0 Å². The van der Waals surface area contributed by atoms with Crippen LogP contribution in [0.4, 0.5) is 0 Å². The van der Waals surface area contributed by atoms with E-state index < -0.39 is 0 Å². The van der Waals surface area contributed by atoms with Gasteiger partial charge in [0, 0.05) is 17.5 Å². The maximum absolute atomic E-state index is 3.74. The number of hydrogen-bond donors (Lipinski definition) is 1. The molecule has 20 heavy (non-hydrogen) atoms. The lowest BCUT2D eigenvalue weighted by molar-refractivity contribution is 0.416. The fourth-order valence-corrected chi connectivity index (χ4v) is 3.54. The molecular weight excluding hydrogens is 262 g/mol. The Morgan fingerprint density at radius 2 is 1.75 bits per heavy atom. The van der Waals surface area contributed by atoms with E-state index in [0.717, 1.165) is 6.54 Å². The van der Waals surface area contributed by atoms with E-state index in [1.54, 1.807) is 0 Å². The number of benzene rings is 1. The molecule has 2 heteroatoms. The summed E-state index contributed by atoms with van der Waals surface area (Å²) in [6, 6.07) is 9.43. The van der Waals surface area contributed by atoms with Crippen molar-refractivity contribution in [2.45, 2.75) is 47.2 Å². The molecule has 0 amide bonds. The summed E-state index contributed by atoms with van der Waals surface area (Å²) in [7, 11) is 0. The van der Waals surface area contributed by atoms with E-state index >= 15 is 0 Å². The van der Waals surface area contributed by atoms with Crippen molar-refractivity contribution in [2.24, 2.45) is 5.92 Å². The van der Waals surface area contributed by atoms with E-state index in [0.29, 0.717) is 12.0 Å². The van der Waals surface area contributed by atoms with Crippen molar-refractivity contribution in [3.8, 4) is 0 Å². The average Bonchev–Trinajstić information content (AvgIpc) is 2.89. The predicted octanol–water partition coefficient (Wildman–Crippen LogP) is 5.16. The molecule has 1 nitrogen and oxygen atoms in total. The first-order chi connectivity index (χ1) is 9.49. The minimum absolute atomic E-state index is 0.441. The summed E-state index contributed by atoms with van der Waals surface area (Å²) in [5.41, 5.74) is 5.55. The van der Waals surface area contributed by atoms with Gasteiger partial charge in [0.05, 0.1) is 0 Å². The zero-order valence-corrected chi connectivity index (χ0v) is 14.0. The van der Waals surface area contributed by atoms with Gasteiger partial charge in [0.15, 0.2) is 0 Å². The van der Waals surface area contributed by atoms with Crippen LogP contribution in [0, 0.1) is 26.7 Å². The van der Waals surface area contributed by atoms with Crippen LogP contribution in [0.25, 0.3) is 0 Å². The van der Waals surface area contributed by atoms with E-state index in [4.69, 9.17) is 0 Å². The summed E-state index contributed by atoms with van der Waals surface area (Å²) in [4.78, 5) is 1.43. The third-order valence-electron chi connectivity index (χ3n) is 3.98. The topological polar surface area (TPSA) is 12.0 Å². The molecular formula is C18H25NS. The van der Waals surface area contributed by atoms with Gasteiger partial charge in [0.25, 0.3) is 0 Å². The molecule has 0 radical (unpaired) electrons. The molecule has 1 atom stereocenters. The highest BCUT2D eigenvalue weighted by molar-refractivity contribution is 7.10. The highest BCUT2D eigenvalue weighted by Crippen LogP contribution is 2.26. The first-order valence-electron chi connectivity index (χ1n) is 7.32. The summed E-state index contributed by atoms with van der Waals surface area (Å²) in [6.07, 6.45) is 0. The molecule has 0 aliphatic heterocycles. The zero-order chi connectivity index (χ0) is 14.7. The molecule has 0 spiro atoms. The lowest BCUT2D eigenvalue weighted by Gasteiger charge is -2.22. The quantitative estimate of drug-likeness (QED) is 0.801. The molecule has 1 aromatic heterocycles. The summed E-state index contributed by atoms with van der Waals surface area (Å²) in [5.74, 6) is 0.598. The highest BCUT2D eigenvalue weighted by Gasteiger charge is 2.16. The first-order valence-corrected chi connectivity index (χ1v) is 8.20. The molecule has 0 aliphatic carbocycles. The highest BCUT2D eigenvalue weighted by atomic mass is 32.1. The van der Waals surface area contributed by atoms with Crippen LogP contribution in [0.3, 0.4) is 0 Å². The van der Waals surface area contributed by atoms with Gasteiger partial charge in [-0.2, -0.15) is 0 Å². The molecule has 1 heterocycles.